The molecule has 0 bridgehead atoms. The third-order valence-corrected chi connectivity index (χ3v) is 11.8. The number of nitrogens with zero attached hydrogens (tertiary/aromatic N) is 2. The Morgan fingerprint density at radius 1 is 1.07 bits per heavy atom. The highest BCUT2D eigenvalue weighted by molar-refractivity contribution is 7.92. The summed E-state index contributed by atoms with van der Waals surface area (Å²) in [7, 11) is -2.32. The van der Waals surface area contributed by atoms with E-state index < -0.39 is 32.5 Å². The minimum atomic E-state index is -3.95. The molecule has 2 fully saturated rings. The van der Waals surface area contributed by atoms with E-state index in [4.69, 9.17) is 16.3 Å². The Hall–Kier alpha value is -3.43. The molecule has 0 radical (unpaired) electrons. The summed E-state index contributed by atoms with van der Waals surface area (Å²) in [4.78, 5) is 29.4. The molecule has 10 heteroatoms. The first-order valence-electron chi connectivity index (χ1n) is 13.7. The average molecular weight is 597 g/mol. The summed E-state index contributed by atoms with van der Waals surface area (Å²) < 4.78 is 47.9. The summed E-state index contributed by atoms with van der Waals surface area (Å²) >= 11 is 6.16. The molecule has 2 aliphatic heterocycles. The number of carbonyl (C=O) groups is 2. The Balaban J connectivity index is 1.39. The van der Waals surface area contributed by atoms with Crippen LogP contribution < -0.4 is 4.74 Å². The molecule has 2 saturated heterocycles. The molecule has 0 aromatic heterocycles. The van der Waals surface area contributed by atoms with E-state index in [1.54, 1.807) is 60.5 Å². The number of ether oxygens (including phenoxy) is 1. The van der Waals surface area contributed by atoms with Crippen molar-refractivity contribution in [2.75, 3.05) is 13.6 Å². The van der Waals surface area contributed by atoms with Gasteiger partial charge in [0.25, 0.3) is 0 Å². The maximum atomic E-state index is 14.5. The summed E-state index contributed by atoms with van der Waals surface area (Å²) in [6.45, 7) is 0.202. The Bertz CT molecular complexity index is 1610. The van der Waals surface area contributed by atoms with Crippen LogP contribution in [0.15, 0.2) is 71.6 Å². The van der Waals surface area contributed by atoms with Crippen molar-refractivity contribution in [2.45, 2.75) is 60.4 Å². The standard InChI is InChI=1S/C31H30ClFN2O5S/c1-34-27(13-15-29(34)36)30(37)35-17-16-31(41(38,39)22-6-3-2-4-7-22)24-12-11-21(18-20(24)10-14-28(31)35)40-19-23-25(32)8-5-9-26(23)33/h2-9,11-12,18,27-28H,10,13-17,19H2,1H3/t27-,28+,31+/m0/s1. The van der Waals surface area contributed by atoms with Crippen LogP contribution in [-0.2, 0) is 37.2 Å². The van der Waals surface area contributed by atoms with Crippen LogP contribution in [0, 0.1) is 5.82 Å². The normalized spacial score (nSPS) is 23.8. The lowest BCUT2D eigenvalue weighted by molar-refractivity contribution is -0.141. The molecule has 2 heterocycles. The van der Waals surface area contributed by atoms with Crippen molar-refractivity contribution in [1.82, 2.24) is 9.80 Å². The number of amides is 2. The van der Waals surface area contributed by atoms with Gasteiger partial charge in [-0.15, -0.1) is 0 Å². The van der Waals surface area contributed by atoms with E-state index in [1.807, 2.05) is 6.07 Å². The first kappa shape index (κ1) is 27.7. The smallest absolute Gasteiger partial charge is 0.245 e. The van der Waals surface area contributed by atoms with Gasteiger partial charge in [0.1, 0.15) is 29.0 Å². The van der Waals surface area contributed by atoms with Crippen molar-refractivity contribution in [3.63, 3.8) is 0 Å². The second-order valence-corrected chi connectivity index (χ2v) is 13.5. The van der Waals surface area contributed by atoms with Gasteiger partial charge >= 0.3 is 0 Å². The first-order chi connectivity index (χ1) is 19.6. The number of rotatable bonds is 6. The molecule has 6 rings (SSSR count). The van der Waals surface area contributed by atoms with Crippen molar-refractivity contribution in [1.29, 1.82) is 0 Å². The van der Waals surface area contributed by atoms with Crippen molar-refractivity contribution in [3.8, 4) is 5.75 Å². The quantitative estimate of drug-likeness (QED) is 0.404. The minimum absolute atomic E-state index is 0.0731. The van der Waals surface area contributed by atoms with E-state index in [0.29, 0.717) is 37.0 Å². The molecule has 1 aliphatic carbocycles. The van der Waals surface area contributed by atoms with Gasteiger partial charge in [-0.25, -0.2) is 12.8 Å². The van der Waals surface area contributed by atoms with Crippen molar-refractivity contribution in [3.05, 3.63) is 94.3 Å². The van der Waals surface area contributed by atoms with E-state index in [9.17, 15) is 22.4 Å². The zero-order valence-electron chi connectivity index (χ0n) is 22.6. The van der Waals surface area contributed by atoms with Crippen LogP contribution >= 0.6 is 11.6 Å². The lowest BCUT2D eigenvalue weighted by atomic mass is 9.78. The predicted octanol–water partition coefficient (Wildman–Crippen LogP) is 4.90. The van der Waals surface area contributed by atoms with Crippen LogP contribution in [0.25, 0.3) is 0 Å². The summed E-state index contributed by atoms with van der Waals surface area (Å²) in [5.41, 5.74) is 1.72. The molecular weight excluding hydrogens is 567 g/mol. The van der Waals surface area contributed by atoms with Gasteiger partial charge in [-0.1, -0.05) is 41.9 Å². The number of halogens is 2. The van der Waals surface area contributed by atoms with Gasteiger partial charge in [0.15, 0.2) is 9.84 Å². The van der Waals surface area contributed by atoms with E-state index in [-0.39, 0.29) is 46.9 Å². The number of hydrogen-bond acceptors (Lipinski definition) is 5. The van der Waals surface area contributed by atoms with E-state index in [2.05, 4.69) is 0 Å². The number of likely N-dealkylation sites (N-methyl/N-ethyl adjacent to an activating group) is 1. The number of carbonyl (C=O) groups excluding carboxylic acids is 2. The summed E-state index contributed by atoms with van der Waals surface area (Å²) in [6, 6.07) is 16.9. The van der Waals surface area contributed by atoms with Crippen LogP contribution in [0.4, 0.5) is 4.39 Å². The lowest BCUT2D eigenvalue weighted by Gasteiger charge is -2.43. The number of benzene rings is 3. The number of hydrogen-bond donors (Lipinski definition) is 0. The summed E-state index contributed by atoms with van der Waals surface area (Å²) in [6.07, 6.45) is 1.95. The predicted molar refractivity (Wildman–Crippen MR) is 152 cm³/mol. The molecule has 0 N–H and O–H groups in total. The third kappa shape index (κ3) is 4.41. The van der Waals surface area contributed by atoms with Crippen LogP contribution in [0.5, 0.6) is 5.75 Å². The van der Waals surface area contributed by atoms with Crippen LogP contribution in [0.1, 0.15) is 42.4 Å². The van der Waals surface area contributed by atoms with E-state index >= 15 is 0 Å². The van der Waals surface area contributed by atoms with Crippen molar-refractivity contribution in [2.24, 2.45) is 0 Å². The molecule has 0 unspecified atom stereocenters. The van der Waals surface area contributed by atoms with Gasteiger partial charge in [-0.05, 0) is 73.2 Å². The molecule has 0 spiro atoms. The van der Waals surface area contributed by atoms with Gasteiger partial charge in [-0.3, -0.25) is 9.59 Å². The highest BCUT2D eigenvalue weighted by atomic mass is 35.5. The van der Waals surface area contributed by atoms with Gasteiger partial charge in [0.05, 0.1) is 16.0 Å². The SMILES string of the molecule is CN1C(=O)CC[C@H]1C(=O)N1CC[C@@]2(S(=O)(=O)c3ccccc3)c3ccc(OCc4c(F)cccc4Cl)cc3CC[C@@H]12. The Labute approximate surface area is 243 Å². The molecule has 0 saturated carbocycles. The number of aryl methyl sites for hydroxylation is 1. The second kappa shape index (κ2) is 10.4. The topological polar surface area (TPSA) is 84.0 Å². The molecule has 3 aromatic carbocycles. The highest BCUT2D eigenvalue weighted by Gasteiger charge is 2.61. The minimum Gasteiger partial charge on any atom is -0.489 e. The van der Waals surface area contributed by atoms with Crippen LogP contribution in [-0.4, -0.2) is 55.7 Å². The lowest BCUT2D eigenvalue weighted by Crippen LogP contribution is -2.55. The molecular formula is C31H30ClFN2O5S. The maximum Gasteiger partial charge on any atom is 0.245 e. The summed E-state index contributed by atoms with van der Waals surface area (Å²) in [5, 5.41) is 0.268. The third-order valence-electron chi connectivity index (χ3n) is 8.90. The zero-order valence-corrected chi connectivity index (χ0v) is 24.1. The van der Waals surface area contributed by atoms with Crippen molar-refractivity contribution < 1.29 is 27.1 Å². The van der Waals surface area contributed by atoms with Crippen LogP contribution in [0.2, 0.25) is 5.02 Å². The first-order valence-corrected chi connectivity index (χ1v) is 15.6. The summed E-state index contributed by atoms with van der Waals surface area (Å²) in [5.74, 6) is -0.259. The van der Waals surface area contributed by atoms with Gasteiger partial charge in [0.2, 0.25) is 11.8 Å². The highest BCUT2D eigenvalue weighted by Crippen LogP contribution is 2.53. The van der Waals surface area contributed by atoms with Gasteiger partial charge in [-0.2, -0.15) is 0 Å². The molecule has 41 heavy (non-hydrogen) atoms. The molecule has 2 amide bonds. The zero-order chi connectivity index (χ0) is 28.9. The molecule has 214 valence electrons. The Morgan fingerprint density at radius 3 is 2.56 bits per heavy atom. The fourth-order valence-corrected chi connectivity index (χ4v) is 9.38. The largest absolute Gasteiger partial charge is 0.489 e. The average Bonchev–Trinajstić information content (AvgIpc) is 3.54. The van der Waals surface area contributed by atoms with Gasteiger partial charge < -0.3 is 14.5 Å². The monoisotopic (exact) mass is 596 g/mol. The van der Waals surface area contributed by atoms with Crippen molar-refractivity contribution >= 4 is 33.3 Å². The number of fused-ring (bicyclic) bond motifs is 3. The fourth-order valence-electron chi connectivity index (χ4n) is 6.78. The van der Waals surface area contributed by atoms with Gasteiger partial charge in [0, 0.05) is 25.6 Å². The Morgan fingerprint density at radius 2 is 1.85 bits per heavy atom. The second-order valence-electron chi connectivity index (χ2n) is 10.9. The molecule has 3 atom stereocenters. The van der Waals surface area contributed by atoms with Crippen LogP contribution in [0.3, 0.4) is 0 Å². The maximum absolute atomic E-state index is 14.5. The van der Waals surface area contributed by atoms with E-state index in [0.717, 1.165) is 5.56 Å². The molecule has 3 aliphatic rings. The molecule has 3 aromatic rings. The Kier molecular flexibility index (Phi) is 7.06. The molecule has 7 nitrogen and oxygen atoms in total. The number of likely N-dealkylation sites (tertiary alicyclic amines) is 2. The fraction of sp³-hybridized carbons (Fsp3) is 0.355. The number of sulfone groups is 1. The van der Waals surface area contributed by atoms with E-state index in [1.165, 1.54) is 17.0 Å².